The highest BCUT2D eigenvalue weighted by atomic mass is 16.3. The predicted octanol–water partition coefficient (Wildman–Crippen LogP) is 4.30. The summed E-state index contributed by atoms with van der Waals surface area (Å²) >= 11 is 0. The molecule has 1 heteroatoms. The van der Waals surface area contributed by atoms with Gasteiger partial charge in [0.15, 0.2) is 0 Å². The highest BCUT2D eigenvalue weighted by Crippen LogP contribution is 2.38. The summed E-state index contributed by atoms with van der Waals surface area (Å²) in [6.07, 6.45) is 0. The van der Waals surface area contributed by atoms with E-state index in [1.807, 2.05) is 12.1 Å². The Bertz CT molecular complexity index is 389. The molecule has 1 N–H and O–H groups in total. The van der Waals surface area contributed by atoms with Crippen molar-refractivity contribution >= 4 is 0 Å². The molecule has 1 aromatic carbocycles. The lowest BCUT2D eigenvalue weighted by Gasteiger charge is -2.29. The van der Waals surface area contributed by atoms with Crippen molar-refractivity contribution in [3.63, 3.8) is 0 Å². The minimum Gasteiger partial charge on any atom is -0.508 e. The predicted molar refractivity (Wildman–Crippen MR) is 70.2 cm³/mol. The number of benzene rings is 1. The van der Waals surface area contributed by atoms with Crippen LogP contribution in [-0.4, -0.2) is 5.11 Å². The fourth-order valence-corrected chi connectivity index (χ4v) is 2.46. The topological polar surface area (TPSA) is 20.2 Å². The van der Waals surface area contributed by atoms with E-state index in [0.717, 1.165) is 5.56 Å². The van der Waals surface area contributed by atoms with Crippen LogP contribution in [-0.2, 0) is 10.8 Å². The van der Waals surface area contributed by atoms with Crippen LogP contribution in [0.15, 0.2) is 12.1 Å². The molecule has 1 aromatic rings. The minimum atomic E-state index is -0.0184. The number of phenols is 1. The standard InChI is InChI=1S/C15H24O/c1-10-11(14(2,3)4)8-9-12(16)13(10)15(5,6)7/h8-9,16H,1-7H3. The van der Waals surface area contributed by atoms with Crippen molar-refractivity contribution in [3.05, 3.63) is 28.8 Å². The molecule has 0 bridgehead atoms. The molecule has 0 unspecified atom stereocenters. The maximum Gasteiger partial charge on any atom is 0.119 e. The lowest BCUT2D eigenvalue weighted by molar-refractivity contribution is 0.442. The van der Waals surface area contributed by atoms with Gasteiger partial charge in [0, 0.05) is 5.56 Å². The second-order valence-electron chi connectivity index (χ2n) is 6.63. The summed E-state index contributed by atoms with van der Waals surface area (Å²) in [5.74, 6) is 0.415. The van der Waals surface area contributed by atoms with Crippen LogP contribution >= 0.6 is 0 Å². The maximum absolute atomic E-state index is 10.0. The molecule has 0 aliphatic rings. The lowest BCUT2D eigenvalue weighted by Crippen LogP contribution is -2.19. The monoisotopic (exact) mass is 220 g/mol. The summed E-state index contributed by atoms with van der Waals surface area (Å²) in [6, 6.07) is 3.87. The third-order valence-corrected chi connectivity index (χ3v) is 3.00. The van der Waals surface area contributed by atoms with Gasteiger partial charge >= 0.3 is 0 Å². The number of hydrogen-bond acceptors (Lipinski definition) is 1. The Morgan fingerprint density at radius 2 is 1.38 bits per heavy atom. The van der Waals surface area contributed by atoms with E-state index in [4.69, 9.17) is 0 Å². The molecule has 0 saturated heterocycles. The minimum absolute atomic E-state index is 0.0184. The normalized spacial score (nSPS) is 12.9. The highest BCUT2D eigenvalue weighted by Gasteiger charge is 2.25. The Hall–Kier alpha value is -0.980. The van der Waals surface area contributed by atoms with Crippen molar-refractivity contribution in [1.82, 2.24) is 0 Å². The van der Waals surface area contributed by atoms with Crippen molar-refractivity contribution in [2.45, 2.75) is 59.3 Å². The molecule has 0 amide bonds. The molecule has 1 nitrogen and oxygen atoms in total. The average Bonchev–Trinajstić information content (AvgIpc) is 1.97. The fourth-order valence-electron chi connectivity index (χ4n) is 2.46. The molecule has 0 atom stereocenters. The third kappa shape index (κ3) is 2.40. The Labute approximate surface area is 99.5 Å². The van der Waals surface area contributed by atoms with Gasteiger partial charge in [-0.25, -0.2) is 0 Å². The molecular weight excluding hydrogens is 196 g/mol. The van der Waals surface area contributed by atoms with Crippen LogP contribution in [0.2, 0.25) is 0 Å². The van der Waals surface area contributed by atoms with E-state index in [2.05, 4.69) is 48.5 Å². The molecule has 0 fully saturated rings. The molecule has 0 aromatic heterocycles. The first-order chi connectivity index (χ1) is 7.05. The molecular formula is C15H24O. The van der Waals surface area contributed by atoms with Gasteiger partial charge in [-0.05, 0) is 34.9 Å². The van der Waals surface area contributed by atoms with Gasteiger partial charge in [0.05, 0.1) is 0 Å². The van der Waals surface area contributed by atoms with E-state index < -0.39 is 0 Å². The Balaban J connectivity index is 3.52. The zero-order valence-corrected chi connectivity index (χ0v) is 11.6. The first kappa shape index (κ1) is 13.1. The number of aromatic hydroxyl groups is 1. The van der Waals surface area contributed by atoms with Gasteiger partial charge in [-0.3, -0.25) is 0 Å². The van der Waals surface area contributed by atoms with Gasteiger partial charge in [0.25, 0.3) is 0 Å². The highest BCUT2D eigenvalue weighted by molar-refractivity contribution is 5.49. The first-order valence-electron chi connectivity index (χ1n) is 5.88. The zero-order valence-electron chi connectivity index (χ0n) is 11.6. The molecule has 0 spiro atoms. The largest absolute Gasteiger partial charge is 0.508 e. The van der Waals surface area contributed by atoms with Gasteiger partial charge in [-0.1, -0.05) is 47.6 Å². The molecule has 0 aliphatic heterocycles. The van der Waals surface area contributed by atoms with Crippen molar-refractivity contribution in [1.29, 1.82) is 0 Å². The van der Waals surface area contributed by atoms with Gasteiger partial charge in [-0.15, -0.1) is 0 Å². The average molecular weight is 220 g/mol. The van der Waals surface area contributed by atoms with E-state index >= 15 is 0 Å². The summed E-state index contributed by atoms with van der Waals surface area (Å²) in [5.41, 5.74) is 3.71. The number of rotatable bonds is 0. The summed E-state index contributed by atoms with van der Waals surface area (Å²) in [4.78, 5) is 0. The van der Waals surface area contributed by atoms with Crippen molar-refractivity contribution in [2.24, 2.45) is 0 Å². The summed E-state index contributed by atoms with van der Waals surface area (Å²) in [5, 5.41) is 10.0. The van der Waals surface area contributed by atoms with Crippen LogP contribution in [0.5, 0.6) is 5.75 Å². The van der Waals surface area contributed by atoms with Crippen LogP contribution in [0.25, 0.3) is 0 Å². The molecule has 0 heterocycles. The van der Waals surface area contributed by atoms with Crippen LogP contribution in [0.3, 0.4) is 0 Å². The van der Waals surface area contributed by atoms with E-state index in [1.165, 1.54) is 11.1 Å². The van der Waals surface area contributed by atoms with E-state index in [1.54, 1.807) is 0 Å². The van der Waals surface area contributed by atoms with Crippen LogP contribution < -0.4 is 0 Å². The van der Waals surface area contributed by atoms with Crippen molar-refractivity contribution < 1.29 is 5.11 Å². The smallest absolute Gasteiger partial charge is 0.119 e. The lowest BCUT2D eigenvalue weighted by atomic mass is 9.76. The number of hydrogen-bond donors (Lipinski definition) is 1. The van der Waals surface area contributed by atoms with E-state index in [-0.39, 0.29) is 10.8 Å². The van der Waals surface area contributed by atoms with Crippen molar-refractivity contribution in [3.8, 4) is 5.75 Å². The molecule has 0 saturated carbocycles. The molecule has 1 rings (SSSR count). The summed E-state index contributed by atoms with van der Waals surface area (Å²) < 4.78 is 0. The van der Waals surface area contributed by atoms with E-state index in [0.29, 0.717) is 5.75 Å². The number of phenolic OH excluding ortho intramolecular Hbond substituents is 1. The molecule has 0 aliphatic carbocycles. The van der Waals surface area contributed by atoms with Crippen molar-refractivity contribution in [2.75, 3.05) is 0 Å². The van der Waals surface area contributed by atoms with Gasteiger partial charge in [0.2, 0.25) is 0 Å². The SMILES string of the molecule is Cc1c(C(C)(C)C)ccc(O)c1C(C)(C)C. The second kappa shape index (κ2) is 3.80. The molecule has 16 heavy (non-hydrogen) atoms. The second-order valence-corrected chi connectivity index (χ2v) is 6.63. The third-order valence-electron chi connectivity index (χ3n) is 3.00. The summed E-state index contributed by atoms with van der Waals surface area (Å²) in [6.45, 7) is 15.2. The zero-order chi connectivity index (χ0) is 12.7. The quantitative estimate of drug-likeness (QED) is 0.691. The Morgan fingerprint density at radius 3 is 1.75 bits per heavy atom. The fraction of sp³-hybridized carbons (Fsp3) is 0.600. The molecule has 0 radical (unpaired) electrons. The first-order valence-corrected chi connectivity index (χ1v) is 5.88. The van der Waals surface area contributed by atoms with E-state index in [9.17, 15) is 5.11 Å². The summed E-state index contributed by atoms with van der Waals surface area (Å²) in [7, 11) is 0. The Morgan fingerprint density at radius 1 is 0.875 bits per heavy atom. The maximum atomic E-state index is 10.0. The molecule has 90 valence electrons. The van der Waals surface area contributed by atoms with Gasteiger partial charge in [0.1, 0.15) is 5.75 Å². The van der Waals surface area contributed by atoms with Crippen LogP contribution in [0.4, 0.5) is 0 Å². The van der Waals surface area contributed by atoms with Gasteiger partial charge < -0.3 is 5.11 Å². The Kier molecular flexibility index (Phi) is 3.11. The van der Waals surface area contributed by atoms with Crippen LogP contribution in [0, 0.1) is 6.92 Å². The van der Waals surface area contributed by atoms with Crippen LogP contribution in [0.1, 0.15) is 58.2 Å². The van der Waals surface area contributed by atoms with Gasteiger partial charge in [-0.2, -0.15) is 0 Å².